The van der Waals surface area contributed by atoms with Crippen molar-refractivity contribution in [1.82, 2.24) is 16.2 Å². The van der Waals surface area contributed by atoms with E-state index in [9.17, 15) is 19.7 Å². The molecule has 2 amide bonds. The van der Waals surface area contributed by atoms with Crippen molar-refractivity contribution in [3.8, 4) is 0 Å². The lowest BCUT2D eigenvalue weighted by atomic mass is 10.2. The number of non-ortho nitro benzene ring substituents is 1. The van der Waals surface area contributed by atoms with E-state index in [0.717, 1.165) is 6.07 Å². The maximum Gasteiger partial charge on any atom is 0.270 e. The van der Waals surface area contributed by atoms with Gasteiger partial charge in [0, 0.05) is 23.8 Å². The number of carbonyl (C=O) groups is 2. The predicted octanol–water partition coefficient (Wildman–Crippen LogP) is 1.54. The van der Waals surface area contributed by atoms with E-state index in [0.29, 0.717) is 5.76 Å². The van der Waals surface area contributed by atoms with Gasteiger partial charge in [0.05, 0.1) is 11.2 Å². The van der Waals surface area contributed by atoms with E-state index in [2.05, 4.69) is 16.2 Å². The first kappa shape index (κ1) is 17.8. The Morgan fingerprint density at radius 1 is 1.20 bits per heavy atom. The number of nitro benzene ring substituents is 1. The molecule has 1 aromatic heterocycles. The summed E-state index contributed by atoms with van der Waals surface area (Å²) in [5.41, 5.74) is 4.40. The summed E-state index contributed by atoms with van der Waals surface area (Å²) in [6.07, 6.45) is 4.11. The van der Waals surface area contributed by atoms with Gasteiger partial charge in [0.25, 0.3) is 11.6 Å². The summed E-state index contributed by atoms with van der Waals surface area (Å²) < 4.78 is 5.02. The van der Waals surface area contributed by atoms with E-state index >= 15 is 0 Å². The largest absolute Gasteiger partial charge is 0.465 e. The van der Waals surface area contributed by atoms with Gasteiger partial charge in [0.1, 0.15) is 5.76 Å². The van der Waals surface area contributed by atoms with Crippen LogP contribution in [-0.2, 0) is 4.79 Å². The fourth-order valence-electron chi connectivity index (χ4n) is 1.68. The molecule has 0 radical (unpaired) electrons. The summed E-state index contributed by atoms with van der Waals surface area (Å²) in [5.74, 6) is -0.682. The highest BCUT2D eigenvalue weighted by atomic mass is 32.1. The van der Waals surface area contributed by atoms with Crippen molar-refractivity contribution in [1.29, 1.82) is 0 Å². The zero-order chi connectivity index (χ0) is 18.2. The van der Waals surface area contributed by atoms with Gasteiger partial charge >= 0.3 is 0 Å². The number of thiocarbonyl (C=S) groups is 1. The second kappa shape index (κ2) is 8.36. The average molecular weight is 360 g/mol. The third-order valence-corrected chi connectivity index (χ3v) is 2.99. The maximum absolute atomic E-state index is 11.9. The van der Waals surface area contributed by atoms with Gasteiger partial charge in [0.15, 0.2) is 5.11 Å². The molecular weight excluding hydrogens is 348 g/mol. The van der Waals surface area contributed by atoms with Crippen LogP contribution in [-0.4, -0.2) is 21.9 Å². The summed E-state index contributed by atoms with van der Waals surface area (Å²) in [6.45, 7) is 0. The van der Waals surface area contributed by atoms with Gasteiger partial charge in [-0.05, 0) is 36.5 Å². The first-order valence-corrected chi connectivity index (χ1v) is 7.24. The van der Waals surface area contributed by atoms with E-state index in [4.69, 9.17) is 16.6 Å². The average Bonchev–Trinajstić information content (AvgIpc) is 3.11. The number of benzene rings is 1. The quantitative estimate of drug-likeness (QED) is 0.327. The van der Waals surface area contributed by atoms with Gasteiger partial charge in [0.2, 0.25) is 5.91 Å². The summed E-state index contributed by atoms with van der Waals surface area (Å²) >= 11 is 4.86. The molecule has 0 aliphatic heterocycles. The van der Waals surface area contributed by atoms with Crippen LogP contribution in [0.5, 0.6) is 0 Å². The standard InChI is InChI=1S/C15H12N4O5S/c20-13(7-6-12-5-2-8-24-12)16-15(25)18-17-14(21)10-3-1-4-11(9-10)19(22)23/h1-9H,(H,17,21)(H2,16,18,20,25). The van der Waals surface area contributed by atoms with Crippen molar-refractivity contribution in [2.24, 2.45) is 0 Å². The Bertz CT molecular complexity index is 832. The topological polar surface area (TPSA) is 127 Å². The molecule has 0 saturated carbocycles. The van der Waals surface area contributed by atoms with Gasteiger partial charge in [-0.2, -0.15) is 0 Å². The van der Waals surface area contributed by atoms with Gasteiger partial charge in [-0.3, -0.25) is 35.9 Å². The van der Waals surface area contributed by atoms with Gasteiger partial charge in [-0.25, -0.2) is 0 Å². The van der Waals surface area contributed by atoms with E-state index < -0.39 is 16.7 Å². The number of carbonyl (C=O) groups excluding carboxylic acids is 2. The number of furan rings is 1. The molecule has 3 N–H and O–H groups in total. The molecule has 0 fully saturated rings. The van der Waals surface area contributed by atoms with E-state index in [-0.39, 0.29) is 16.4 Å². The zero-order valence-electron chi connectivity index (χ0n) is 12.6. The number of hydrogen-bond donors (Lipinski definition) is 3. The SMILES string of the molecule is O=C(C=Cc1ccco1)NC(=S)NNC(=O)c1cccc([N+](=O)[O-])c1. The van der Waals surface area contributed by atoms with Crippen LogP contribution in [0.3, 0.4) is 0 Å². The Hall–Kier alpha value is -3.53. The van der Waals surface area contributed by atoms with Crippen molar-refractivity contribution in [2.45, 2.75) is 0 Å². The minimum Gasteiger partial charge on any atom is -0.465 e. The van der Waals surface area contributed by atoms with E-state index in [1.54, 1.807) is 12.1 Å². The van der Waals surface area contributed by atoms with Crippen LogP contribution in [0.25, 0.3) is 6.08 Å². The molecule has 0 aliphatic rings. The van der Waals surface area contributed by atoms with Crippen LogP contribution in [0, 0.1) is 10.1 Å². The Morgan fingerprint density at radius 2 is 2.00 bits per heavy atom. The number of hydrogen-bond acceptors (Lipinski definition) is 6. The molecule has 2 aromatic rings. The van der Waals surface area contributed by atoms with E-state index in [1.165, 1.54) is 36.6 Å². The molecule has 128 valence electrons. The third-order valence-electron chi connectivity index (χ3n) is 2.79. The van der Waals surface area contributed by atoms with Crippen LogP contribution in [0.1, 0.15) is 16.1 Å². The molecule has 0 aliphatic carbocycles. The number of nitrogens with one attached hydrogen (secondary N) is 3. The molecule has 25 heavy (non-hydrogen) atoms. The fraction of sp³-hybridized carbons (Fsp3) is 0. The molecule has 10 heteroatoms. The molecule has 2 rings (SSSR count). The van der Waals surface area contributed by atoms with Gasteiger partial charge in [-0.1, -0.05) is 6.07 Å². The number of nitrogens with zero attached hydrogens (tertiary/aromatic N) is 1. The van der Waals surface area contributed by atoms with Crippen LogP contribution in [0.4, 0.5) is 5.69 Å². The lowest BCUT2D eigenvalue weighted by Crippen LogP contribution is -2.48. The molecule has 0 unspecified atom stereocenters. The maximum atomic E-state index is 11.9. The van der Waals surface area contributed by atoms with Crippen molar-refractivity contribution < 1.29 is 18.9 Å². The summed E-state index contributed by atoms with van der Waals surface area (Å²) in [7, 11) is 0. The number of rotatable bonds is 4. The molecular formula is C15H12N4O5S. The highest BCUT2D eigenvalue weighted by Gasteiger charge is 2.11. The normalized spacial score (nSPS) is 10.2. The smallest absolute Gasteiger partial charge is 0.270 e. The van der Waals surface area contributed by atoms with Gasteiger partial charge in [-0.15, -0.1) is 0 Å². The summed E-state index contributed by atoms with van der Waals surface area (Å²) in [5, 5.41) is 12.9. The number of hydrazine groups is 1. The molecule has 0 saturated heterocycles. The fourth-order valence-corrected chi connectivity index (χ4v) is 1.83. The second-order valence-electron chi connectivity index (χ2n) is 4.55. The van der Waals surface area contributed by atoms with Crippen LogP contribution in [0.2, 0.25) is 0 Å². The molecule has 0 bridgehead atoms. The Kier molecular flexibility index (Phi) is 5.96. The minimum atomic E-state index is -0.647. The molecule has 0 atom stereocenters. The number of amides is 2. The van der Waals surface area contributed by atoms with Crippen LogP contribution in [0.15, 0.2) is 53.2 Å². The highest BCUT2D eigenvalue weighted by molar-refractivity contribution is 7.80. The van der Waals surface area contributed by atoms with Crippen molar-refractivity contribution in [2.75, 3.05) is 0 Å². The monoisotopic (exact) mass is 360 g/mol. The Morgan fingerprint density at radius 3 is 2.68 bits per heavy atom. The predicted molar refractivity (Wildman–Crippen MR) is 92.2 cm³/mol. The first-order valence-electron chi connectivity index (χ1n) is 6.83. The molecule has 0 spiro atoms. The first-order chi connectivity index (χ1) is 12.0. The third kappa shape index (κ3) is 5.55. The lowest BCUT2D eigenvalue weighted by molar-refractivity contribution is -0.384. The minimum absolute atomic E-state index is 0.0635. The van der Waals surface area contributed by atoms with Crippen LogP contribution < -0.4 is 16.2 Å². The molecule has 9 nitrogen and oxygen atoms in total. The second-order valence-corrected chi connectivity index (χ2v) is 4.96. The lowest BCUT2D eigenvalue weighted by Gasteiger charge is -2.09. The highest BCUT2D eigenvalue weighted by Crippen LogP contribution is 2.12. The molecule has 1 aromatic carbocycles. The Balaban J connectivity index is 1.83. The summed E-state index contributed by atoms with van der Waals surface area (Å²) in [6, 6.07) is 8.50. The van der Waals surface area contributed by atoms with Crippen molar-refractivity contribution in [3.63, 3.8) is 0 Å². The summed E-state index contributed by atoms with van der Waals surface area (Å²) in [4.78, 5) is 33.6. The molecule has 1 heterocycles. The van der Waals surface area contributed by atoms with Crippen molar-refractivity contribution >= 4 is 40.9 Å². The number of nitro groups is 1. The van der Waals surface area contributed by atoms with Crippen LogP contribution >= 0.6 is 12.2 Å². The Labute approximate surface area is 146 Å². The van der Waals surface area contributed by atoms with Crippen molar-refractivity contribution in [3.05, 3.63) is 70.2 Å². The van der Waals surface area contributed by atoms with E-state index in [1.807, 2.05) is 0 Å². The van der Waals surface area contributed by atoms with Gasteiger partial charge < -0.3 is 4.42 Å². The zero-order valence-corrected chi connectivity index (χ0v) is 13.4.